The summed E-state index contributed by atoms with van der Waals surface area (Å²) >= 11 is 0. The van der Waals surface area contributed by atoms with Gasteiger partial charge in [-0.05, 0) is 26.8 Å². The average Bonchev–Trinajstić information content (AvgIpc) is 2.68. The van der Waals surface area contributed by atoms with Gasteiger partial charge in [0.15, 0.2) is 0 Å². The lowest BCUT2D eigenvalue weighted by Gasteiger charge is -2.30. The van der Waals surface area contributed by atoms with E-state index in [2.05, 4.69) is 10.4 Å². The summed E-state index contributed by atoms with van der Waals surface area (Å²) in [5.74, 6) is 0.165. The van der Waals surface area contributed by atoms with Crippen LogP contribution in [0.25, 0.3) is 0 Å². The highest BCUT2D eigenvalue weighted by Gasteiger charge is 2.24. The Morgan fingerprint density at radius 1 is 1.32 bits per heavy atom. The molecule has 0 aliphatic carbocycles. The Labute approximate surface area is 126 Å². The van der Waals surface area contributed by atoms with Crippen molar-refractivity contribution in [3.8, 4) is 0 Å². The van der Waals surface area contributed by atoms with Crippen LogP contribution >= 0.6 is 24.8 Å². The number of hydrogen-bond donors (Lipinski definition) is 1. The zero-order valence-corrected chi connectivity index (χ0v) is 13.2. The van der Waals surface area contributed by atoms with Gasteiger partial charge in [0.25, 0.3) is 0 Å². The topological polar surface area (TPSA) is 50.2 Å². The molecule has 0 radical (unpaired) electrons. The molecule has 7 heteroatoms. The smallest absolute Gasteiger partial charge is 0.247 e. The minimum Gasteiger partial charge on any atom is -0.338 e. The highest BCUT2D eigenvalue weighted by atomic mass is 35.5. The van der Waals surface area contributed by atoms with E-state index in [0.29, 0.717) is 0 Å². The summed E-state index contributed by atoms with van der Waals surface area (Å²) in [6.07, 6.45) is 0. The molecular formula is C12H22Cl2N4O. The fourth-order valence-electron chi connectivity index (χ4n) is 2.29. The van der Waals surface area contributed by atoms with Crippen molar-refractivity contribution >= 4 is 30.7 Å². The molecule has 1 amide bonds. The molecule has 1 unspecified atom stereocenters. The molecule has 1 aliphatic rings. The number of carbonyl (C=O) groups excluding carboxylic acids is 1. The number of carbonyl (C=O) groups is 1. The fraction of sp³-hybridized carbons (Fsp3) is 0.667. The van der Waals surface area contributed by atoms with E-state index in [9.17, 15) is 4.79 Å². The first-order valence-corrected chi connectivity index (χ1v) is 6.12. The van der Waals surface area contributed by atoms with Crippen molar-refractivity contribution in [2.75, 3.05) is 26.2 Å². The van der Waals surface area contributed by atoms with Gasteiger partial charge in [-0.2, -0.15) is 5.10 Å². The van der Waals surface area contributed by atoms with Crippen molar-refractivity contribution in [1.82, 2.24) is 20.0 Å². The second-order valence-corrected chi connectivity index (χ2v) is 4.62. The maximum Gasteiger partial charge on any atom is 0.247 e. The van der Waals surface area contributed by atoms with E-state index in [0.717, 1.165) is 37.6 Å². The minimum atomic E-state index is -0.207. The van der Waals surface area contributed by atoms with Crippen molar-refractivity contribution in [2.24, 2.45) is 0 Å². The third kappa shape index (κ3) is 4.09. The predicted octanol–water partition coefficient (Wildman–Crippen LogP) is 1.34. The standard InChI is InChI=1S/C12H20N4O.2ClH/c1-9-8-10(2)16(14-9)11(3)12(17)15-6-4-13-5-7-15;;/h8,11,13H,4-7H2,1-3H3;2*1H. The fourth-order valence-corrected chi connectivity index (χ4v) is 2.29. The van der Waals surface area contributed by atoms with Crippen LogP contribution in [-0.4, -0.2) is 46.8 Å². The molecule has 0 saturated carbocycles. The van der Waals surface area contributed by atoms with Crippen LogP contribution in [-0.2, 0) is 4.79 Å². The summed E-state index contributed by atoms with van der Waals surface area (Å²) in [6.45, 7) is 9.22. The highest BCUT2D eigenvalue weighted by Crippen LogP contribution is 2.14. The lowest BCUT2D eigenvalue weighted by molar-refractivity contribution is -0.135. The van der Waals surface area contributed by atoms with E-state index in [1.807, 2.05) is 36.4 Å². The molecule has 1 aromatic heterocycles. The van der Waals surface area contributed by atoms with Gasteiger partial charge in [0, 0.05) is 31.9 Å². The summed E-state index contributed by atoms with van der Waals surface area (Å²) in [5, 5.41) is 7.63. The molecule has 1 atom stereocenters. The maximum atomic E-state index is 12.3. The van der Waals surface area contributed by atoms with Crippen LogP contribution in [0.4, 0.5) is 0 Å². The molecule has 1 fully saturated rings. The van der Waals surface area contributed by atoms with E-state index in [1.54, 1.807) is 0 Å². The van der Waals surface area contributed by atoms with Crippen molar-refractivity contribution in [3.63, 3.8) is 0 Å². The van der Waals surface area contributed by atoms with Gasteiger partial charge in [0.2, 0.25) is 5.91 Å². The summed E-state index contributed by atoms with van der Waals surface area (Å²) in [7, 11) is 0. The number of halogens is 2. The van der Waals surface area contributed by atoms with E-state index < -0.39 is 0 Å². The zero-order valence-electron chi connectivity index (χ0n) is 11.5. The normalized spacial score (nSPS) is 16.3. The average molecular weight is 309 g/mol. The first-order chi connectivity index (χ1) is 8.09. The number of nitrogens with zero attached hydrogens (tertiary/aromatic N) is 3. The SMILES string of the molecule is Cc1cc(C)n(C(C)C(=O)N2CCNCC2)n1.Cl.Cl. The molecule has 2 rings (SSSR count). The Kier molecular flexibility index (Phi) is 7.41. The van der Waals surface area contributed by atoms with Gasteiger partial charge in [-0.25, -0.2) is 0 Å². The summed E-state index contributed by atoms with van der Waals surface area (Å²) in [6, 6.07) is 1.79. The van der Waals surface area contributed by atoms with Gasteiger partial charge in [0.1, 0.15) is 6.04 Å². The van der Waals surface area contributed by atoms with Crippen molar-refractivity contribution in [1.29, 1.82) is 0 Å². The molecule has 0 aromatic carbocycles. The number of amides is 1. The van der Waals surface area contributed by atoms with Crippen LogP contribution in [0.3, 0.4) is 0 Å². The van der Waals surface area contributed by atoms with Gasteiger partial charge in [-0.3, -0.25) is 9.48 Å². The predicted molar refractivity (Wildman–Crippen MR) is 80.4 cm³/mol. The molecule has 19 heavy (non-hydrogen) atoms. The minimum absolute atomic E-state index is 0. The lowest BCUT2D eigenvalue weighted by Crippen LogP contribution is -2.48. The molecule has 2 heterocycles. The van der Waals surface area contributed by atoms with Crippen LogP contribution < -0.4 is 5.32 Å². The van der Waals surface area contributed by atoms with Gasteiger partial charge in [-0.1, -0.05) is 0 Å². The number of nitrogens with one attached hydrogen (secondary N) is 1. The van der Waals surface area contributed by atoms with E-state index in [1.165, 1.54) is 0 Å². The van der Waals surface area contributed by atoms with E-state index in [4.69, 9.17) is 0 Å². The molecule has 1 aliphatic heterocycles. The molecule has 1 aromatic rings. The Balaban J connectivity index is 0.00000162. The van der Waals surface area contributed by atoms with E-state index in [-0.39, 0.29) is 36.8 Å². The monoisotopic (exact) mass is 308 g/mol. The third-order valence-corrected chi connectivity index (χ3v) is 3.20. The van der Waals surface area contributed by atoms with Crippen molar-refractivity contribution in [3.05, 3.63) is 17.5 Å². The lowest BCUT2D eigenvalue weighted by atomic mass is 10.2. The Hall–Kier alpha value is -0.780. The Morgan fingerprint density at radius 3 is 2.37 bits per heavy atom. The maximum absolute atomic E-state index is 12.3. The first kappa shape index (κ1) is 18.2. The molecule has 110 valence electrons. The van der Waals surface area contributed by atoms with Crippen LogP contribution in [0, 0.1) is 13.8 Å². The number of rotatable bonds is 2. The highest BCUT2D eigenvalue weighted by molar-refractivity contribution is 5.85. The summed E-state index contributed by atoms with van der Waals surface area (Å²) in [4.78, 5) is 14.2. The number of hydrogen-bond acceptors (Lipinski definition) is 3. The molecule has 5 nitrogen and oxygen atoms in total. The van der Waals surface area contributed by atoms with E-state index >= 15 is 0 Å². The summed E-state index contributed by atoms with van der Waals surface area (Å²) in [5.41, 5.74) is 2.00. The molecular weight excluding hydrogens is 287 g/mol. The van der Waals surface area contributed by atoms with Gasteiger partial charge in [0.05, 0.1) is 5.69 Å². The second-order valence-electron chi connectivity index (χ2n) is 4.62. The summed E-state index contributed by atoms with van der Waals surface area (Å²) < 4.78 is 1.82. The number of aryl methyl sites for hydroxylation is 2. The molecule has 0 spiro atoms. The second kappa shape index (κ2) is 7.72. The van der Waals surface area contributed by atoms with Crippen LogP contribution in [0.2, 0.25) is 0 Å². The molecule has 1 N–H and O–H groups in total. The third-order valence-electron chi connectivity index (χ3n) is 3.20. The van der Waals surface area contributed by atoms with Gasteiger partial charge < -0.3 is 10.2 Å². The number of aromatic nitrogens is 2. The van der Waals surface area contributed by atoms with Crippen LogP contribution in [0.1, 0.15) is 24.4 Å². The number of piperazine rings is 1. The largest absolute Gasteiger partial charge is 0.338 e. The van der Waals surface area contributed by atoms with Crippen LogP contribution in [0.5, 0.6) is 0 Å². The quantitative estimate of drug-likeness (QED) is 0.897. The van der Waals surface area contributed by atoms with Crippen LogP contribution in [0.15, 0.2) is 6.07 Å². The van der Waals surface area contributed by atoms with Gasteiger partial charge >= 0.3 is 0 Å². The Morgan fingerprint density at radius 2 is 1.89 bits per heavy atom. The van der Waals surface area contributed by atoms with Gasteiger partial charge in [-0.15, -0.1) is 24.8 Å². The molecule has 0 bridgehead atoms. The van der Waals surface area contributed by atoms with Crippen molar-refractivity contribution < 1.29 is 4.79 Å². The zero-order chi connectivity index (χ0) is 12.4. The first-order valence-electron chi connectivity index (χ1n) is 6.12. The van der Waals surface area contributed by atoms with Crippen molar-refractivity contribution in [2.45, 2.75) is 26.8 Å². The molecule has 1 saturated heterocycles. The Bertz CT molecular complexity index is 416.